The van der Waals surface area contributed by atoms with Gasteiger partial charge in [0.25, 0.3) is 0 Å². The standard InChI is InChI=1S/C18H23N3O3S.ClH/c1-4-11-18(3,19)16(23)21-17-20-13(12-9-7-6-8-10-12)14(25-17)15(22)24-5-2;/h6-10H,4-5,11,19H2,1-3H3,(H,20,21,23);1H. The molecule has 1 aromatic carbocycles. The SMILES string of the molecule is CCCC(C)(N)C(=O)Nc1nc(-c2ccccc2)c(C(=O)OCC)s1.Cl. The third-order valence-electron chi connectivity index (χ3n) is 3.64. The van der Waals surface area contributed by atoms with Crippen molar-refractivity contribution in [3.05, 3.63) is 35.2 Å². The number of nitrogens with zero attached hydrogens (tertiary/aromatic N) is 1. The van der Waals surface area contributed by atoms with Crippen molar-refractivity contribution in [1.82, 2.24) is 4.98 Å². The van der Waals surface area contributed by atoms with Gasteiger partial charge in [0, 0.05) is 5.56 Å². The summed E-state index contributed by atoms with van der Waals surface area (Å²) in [4.78, 5) is 29.4. The van der Waals surface area contributed by atoms with Gasteiger partial charge in [0.05, 0.1) is 17.8 Å². The van der Waals surface area contributed by atoms with Gasteiger partial charge in [-0.2, -0.15) is 0 Å². The minimum Gasteiger partial charge on any atom is -0.462 e. The summed E-state index contributed by atoms with van der Waals surface area (Å²) in [6.07, 6.45) is 1.35. The number of benzene rings is 1. The monoisotopic (exact) mass is 397 g/mol. The highest BCUT2D eigenvalue weighted by molar-refractivity contribution is 7.18. The lowest BCUT2D eigenvalue weighted by Crippen LogP contribution is -2.48. The van der Waals surface area contributed by atoms with E-state index >= 15 is 0 Å². The Morgan fingerprint density at radius 3 is 2.50 bits per heavy atom. The van der Waals surface area contributed by atoms with E-state index in [2.05, 4.69) is 10.3 Å². The zero-order valence-electron chi connectivity index (χ0n) is 15.1. The van der Waals surface area contributed by atoms with Crippen LogP contribution in [0.5, 0.6) is 0 Å². The predicted octanol–water partition coefficient (Wildman–Crippen LogP) is 3.86. The predicted molar refractivity (Wildman–Crippen MR) is 107 cm³/mol. The Kier molecular flexibility index (Phi) is 8.20. The fourth-order valence-electron chi connectivity index (χ4n) is 2.37. The maximum absolute atomic E-state index is 12.4. The van der Waals surface area contributed by atoms with Gasteiger partial charge < -0.3 is 15.8 Å². The minimum absolute atomic E-state index is 0. The number of nitrogens with one attached hydrogen (secondary N) is 1. The zero-order valence-corrected chi connectivity index (χ0v) is 16.7. The highest BCUT2D eigenvalue weighted by Crippen LogP contribution is 2.32. The zero-order chi connectivity index (χ0) is 18.4. The van der Waals surface area contributed by atoms with Gasteiger partial charge in [-0.15, -0.1) is 12.4 Å². The minimum atomic E-state index is -0.989. The van der Waals surface area contributed by atoms with Crippen LogP contribution in [0.25, 0.3) is 11.3 Å². The highest BCUT2D eigenvalue weighted by atomic mass is 35.5. The van der Waals surface area contributed by atoms with Crippen LogP contribution in [-0.4, -0.2) is 29.0 Å². The van der Waals surface area contributed by atoms with Crippen LogP contribution in [-0.2, 0) is 9.53 Å². The van der Waals surface area contributed by atoms with Crippen molar-refractivity contribution in [2.24, 2.45) is 5.73 Å². The van der Waals surface area contributed by atoms with Gasteiger partial charge in [-0.25, -0.2) is 9.78 Å². The summed E-state index contributed by atoms with van der Waals surface area (Å²) in [6, 6.07) is 9.31. The maximum Gasteiger partial charge on any atom is 0.350 e. The molecule has 8 heteroatoms. The van der Waals surface area contributed by atoms with E-state index in [1.807, 2.05) is 37.3 Å². The Morgan fingerprint density at radius 2 is 1.92 bits per heavy atom. The molecule has 0 radical (unpaired) electrons. The molecule has 6 nitrogen and oxygen atoms in total. The molecule has 1 heterocycles. The Morgan fingerprint density at radius 1 is 1.27 bits per heavy atom. The smallest absolute Gasteiger partial charge is 0.350 e. The van der Waals surface area contributed by atoms with E-state index in [0.717, 1.165) is 23.3 Å². The van der Waals surface area contributed by atoms with Gasteiger partial charge in [-0.05, 0) is 20.3 Å². The van der Waals surface area contributed by atoms with Crippen molar-refractivity contribution >= 4 is 40.8 Å². The molecule has 2 rings (SSSR count). The average molecular weight is 398 g/mol. The van der Waals surface area contributed by atoms with Crippen molar-refractivity contribution in [2.45, 2.75) is 39.2 Å². The van der Waals surface area contributed by atoms with Crippen LogP contribution in [0.2, 0.25) is 0 Å². The van der Waals surface area contributed by atoms with Crippen molar-refractivity contribution in [2.75, 3.05) is 11.9 Å². The number of aromatic nitrogens is 1. The molecule has 0 fully saturated rings. The Labute approximate surface area is 163 Å². The molecule has 0 aliphatic carbocycles. The normalized spacial score (nSPS) is 12.6. The number of hydrogen-bond acceptors (Lipinski definition) is 6. The number of anilines is 1. The van der Waals surface area contributed by atoms with E-state index in [1.54, 1.807) is 13.8 Å². The molecule has 0 saturated carbocycles. The van der Waals surface area contributed by atoms with Gasteiger partial charge in [0.15, 0.2) is 5.13 Å². The van der Waals surface area contributed by atoms with Gasteiger partial charge >= 0.3 is 5.97 Å². The molecule has 1 aromatic heterocycles. The van der Waals surface area contributed by atoms with Crippen LogP contribution >= 0.6 is 23.7 Å². The number of rotatable bonds is 7. The number of nitrogens with two attached hydrogens (primary N) is 1. The number of hydrogen-bond donors (Lipinski definition) is 2. The molecule has 26 heavy (non-hydrogen) atoms. The largest absolute Gasteiger partial charge is 0.462 e. The van der Waals surface area contributed by atoms with Crippen molar-refractivity contribution < 1.29 is 14.3 Å². The molecule has 3 N–H and O–H groups in total. The van der Waals surface area contributed by atoms with E-state index in [4.69, 9.17) is 10.5 Å². The molecule has 142 valence electrons. The molecule has 0 spiro atoms. The summed E-state index contributed by atoms with van der Waals surface area (Å²) in [5.41, 5.74) is 6.34. The first-order valence-corrected chi connectivity index (χ1v) is 9.04. The number of carbonyl (C=O) groups excluding carboxylic acids is 2. The highest BCUT2D eigenvalue weighted by Gasteiger charge is 2.29. The molecule has 2 aromatic rings. The lowest BCUT2D eigenvalue weighted by atomic mass is 9.97. The summed E-state index contributed by atoms with van der Waals surface area (Å²) < 4.78 is 5.11. The summed E-state index contributed by atoms with van der Waals surface area (Å²) in [6.45, 7) is 5.66. The van der Waals surface area contributed by atoms with Crippen LogP contribution in [0.3, 0.4) is 0 Å². The Bertz CT molecular complexity index is 747. The first-order valence-electron chi connectivity index (χ1n) is 8.22. The lowest BCUT2D eigenvalue weighted by Gasteiger charge is -2.21. The topological polar surface area (TPSA) is 94.3 Å². The van der Waals surface area contributed by atoms with Crippen LogP contribution in [0.15, 0.2) is 30.3 Å². The second-order valence-electron chi connectivity index (χ2n) is 5.90. The maximum atomic E-state index is 12.4. The second-order valence-corrected chi connectivity index (χ2v) is 6.90. The molecule has 0 saturated heterocycles. The summed E-state index contributed by atoms with van der Waals surface area (Å²) in [5.74, 6) is -0.776. The molecular formula is C18H24ClN3O3S. The number of ether oxygens (including phenoxy) is 1. The molecule has 1 amide bonds. The van der Waals surface area contributed by atoms with Gasteiger partial charge in [-0.3, -0.25) is 4.79 Å². The third-order valence-corrected chi connectivity index (χ3v) is 4.59. The fraction of sp³-hybridized carbons (Fsp3) is 0.389. The van der Waals surface area contributed by atoms with E-state index in [9.17, 15) is 9.59 Å². The summed E-state index contributed by atoms with van der Waals surface area (Å²) >= 11 is 1.09. The second kappa shape index (κ2) is 9.66. The third kappa shape index (κ3) is 5.27. The average Bonchev–Trinajstić information content (AvgIpc) is 3.00. The van der Waals surface area contributed by atoms with Crippen LogP contribution in [0.1, 0.15) is 43.3 Å². The molecular weight excluding hydrogens is 374 g/mol. The number of esters is 1. The molecule has 1 unspecified atom stereocenters. The van der Waals surface area contributed by atoms with E-state index < -0.39 is 11.5 Å². The quantitative estimate of drug-likeness (QED) is 0.691. The Hall–Kier alpha value is -1.96. The number of thiazole rings is 1. The van der Waals surface area contributed by atoms with Crippen molar-refractivity contribution in [3.63, 3.8) is 0 Å². The van der Waals surface area contributed by atoms with Gasteiger partial charge in [0.2, 0.25) is 5.91 Å². The molecule has 0 aliphatic rings. The Balaban J connectivity index is 0.00000338. The van der Waals surface area contributed by atoms with E-state index in [0.29, 0.717) is 22.1 Å². The number of amides is 1. The molecule has 1 atom stereocenters. The van der Waals surface area contributed by atoms with Crippen molar-refractivity contribution in [1.29, 1.82) is 0 Å². The van der Waals surface area contributed by atoms with E-state index in [1.165, 1.54) is 0 Å². The van der Waals surface area contributed by atoms with Crippen LogP contribution < -0.4 is 11.1 Å². The van der Waals surface area contributed by atoms with Crippen LogP contribution in [0, 0.1) is 0 Å². The summed E-state index contributed by atoms with van der Waals surface area (Å²) in [7, 11) is 0. The van der Waals surface area contributed by atoms with E-state index in [-0.39, 0.29) is 24.9 Å². The van der Waals surface area contributed by atoms with Gasteiger partial charge in [-0.1, -0.05) is 55.0 Å². The number of carbonyl (C=O) groups is 2. The number of halogens is 1. The first kappa shape index (κ1) is 22.1. The van der Waals surface area contributed by atoms with Crippen molar-refractivity contribution in [3.8, 4) is 11.3 Å². The van der Waals surface area contributed by atoms with Gasteiger partial charge in [0.1, 0.15) is 4.88 Å². The van der Waals surface area contributed by atoms with Crippen LogP contribution in [0.4, 0.5) is 5.13 Å². The summed E-state index contributed by atoms with van der Waals surface area (Å²) in [5, 5.41) is 3.06. The fourth-order valence-corrected chi connectivity index (χ4v) is 3.25. The first-order chi connectivity index (χ1) is 11.9. The molecule has 0 bridgehead atoms. The molecule has 0 aliphatic heterocycles. The lowest BCUT2D eigenvalue weighted by molar-refractivity contribution is -0.120.